The lowest BCUT2D eigenvalue weighted by Gasteiger charge is -2.62. The van der Waals surface area contributed by atoms with Gasteiger partial charge in [0.05, 0.1) is 24.7 Å². The molecule has 32 heavy (non-hydrogen) atoms. The van der Waals surface area contributed by atoms with Crippen LogP contribution in [0.5, 0.6) is 0 Å². The molecule has 1 atom stereocenters. The Kier molecular flexibility index (Phi) is 5.34. The van der Waals surface area contributed by atoms with Gasteiger partial charge in [0.2, 0.25) is 5.91 Å². The molecule has 7 heteroatoms. The average Bonchev–Trinajstić information content (AvgIpc) is 3.17. The predicted octanol–water partition coefficient (Wildman–Crippen LogP) is 2.09. The van der Waals surface area contributed by atoms with Crippen molar-refractivity contribution in [1.82, 2.24) is 19.3 Å². The molecule has 2 amide bonds. The zero-order valence-electron chi connectivity index (χ0n) is 19.2. The van der Waals surface area contributed by atoms with E-state index in [9.17, 15) is 9.59 Å². The van der Waals surface area contributed by atoms with Crippen LogP contribution in [-0.4, -0.2) is 82.1 Å². The first-order chi connectivity index (χ1) is 15.4. The monoisotopic (exact) mass is 436 g/mol. The predicted molar refractivity (Wildman–Crippen MR) is 121 cm³/mol. The van der Waals surface area contributed by atoms with E-state index in [1.54, 1.807) is 0 Å². The van der Waals surface area contributed by atoms with E-state index in [-0.39, 0.29) is 23.8 Å². The fraction of sp³-hybridized carbons (Fsp3) is 0.520. The molecule has 170 valence electrons. The van der Waals surface area contributed by atoms with Crippen molar-refractivity contribution in [3.63, 3.8) is 0 Å². The molecule has 1 unspecified atom stereocenters. The number of rotatable bonds is 4. The summed E-state index contributed by atoms with van der Waals surface area (Å²) in [6.45, 7) is 8.67. The first-order valence-corrected chi connectivity index (χ1v) is 11.5. The smallest absolute Gasteiger partial charge is 0.254 e. The second-order valence-corrected chi connectivity index (χ2v) is 9.59. The lowest BCUT2D eigenvalue weighted by atomic mass is 9.67. The van der Waals surface area contributed by atoms with Gasteiger partial charge in [0.15, 0.2) is 0 Å². The zero-order chi connectivity index (χ0) is 22.5. The number of likely N-dealkylation sites (tertiary alicyclic amines) is 1. The Labute approximate surface area is 189 Å². The normalized spacial score (nSPS) is 22.9. The van der Waals surface area contributed by atoms with Crippen LogP contribution in [0, 0.1) is 0 Å². The topological polar surface area (TPSA) is 58.0 Å². The fourth-order valence-electron chi connectivity index (χ4n) is 5.85. The maximum absolute atomic E-state index is 14.0. The van der Waals surface area contributed by atoms with Gasteiger partial charge in [0.25, 0.3) is 5.91 Å². The number of carbonyl (C=O) groups excluding carboxylic acids is 2. The fourth-order valence-corrected chi connectivity index (χ4v) is 5.85. The van der Waals surface area contributed by atoms with Crippen LogP contribution in [0.25, 0.3) is 0 Å². The summed E-state index contributed by atoms with van der Waals surface area (Å²) in [6.07, 6.45) is 2.05. The molecule has 3 aliphatic rings. The molecule has 2 aromatic rings. The second kappa shape index (κ2) is 8.05. The van der Waals surface area contributed by atoms with Gasteiger partial charge in [0.1, 0.15) is 0 Å². The highest BCUT2D eigenvalue weighted by Crippen LogP contribution is 2.48. The lowest BCUT2D eigenvalue weighted by molar-refractivity contribution is -0.148. The van der Waals surface area contributed by atoms with Crippen molar-refractivity contribution >= 4 is 11.8 Å². The number of hydrogen-bond acceptors (Lipinski definition) is 4. The van der Waals surface area contributed by atoms with E-state index < -0.39 is 5.54 Å². The summed E-state index contributed by atoms with van der Waals surface area (Å²) in [7, 11) is 2.05. The van der Waals surface area contributed by atoms with Gasteiger partial charge in [-0.25, -0.2) is 0 Å². The minimum Gasteiger partial charge on any atom is -0.378 e. The SMILES string of the molecule is CC(C)N1C(=O)c2ccccc2C(C(=O)N2CCOCC2)C12CN(Cc1cccn1C)C2. The van der Waals surface area contributed by atoms with Crippen LogP contribution in [0.1, 0.15) is 41.4 Å². The van der Waals surface area contributed by atoms with E-state index >= 15 is 0 Å². The van der Waals surface area contributed by atoms with Gasteiger partial charge in [-0.1, -0.05) is 18.2 Å². The number of aryl methyl sites for hydroxylation is 1. The Morgan fingerprint density at radius 1 is 1.12 bits per heavy atom. The zero-order valence-corrected chi connectivity index (χ0v) is 19.2. The molecule has 0 aliphatic carbocycles. The second-order valence-electron chi connectivity index (χ2n) is 9.59. The number of nitrogens with zero attached hydrogens (tertiary/aromatic N) is 4. The molecule has 7 nitrogen and oxygen atoms in total. The van der Waals surface area contributed by atoms with Crippen LogP contribution in [0.15, 0.2) is 42.6 Å². The number of morpholine rings is 1. The summed E-state index contributed by atoms with van der Waals surface area (Å²) in [5, 5.41) is 0. The minimum absolute atomic E-state index is 0.00744. The maximum Gasteiger partial charge on any atom is 0.254 e. The molecule has 0 saturated carbocycles. The largest absolute Gasteiger partial charge is 0.378 e. The molecule has 0 bridgehead atoms. The summed E-state index contributed by atoms with van der Waals surface area (Å²) in [5.74, 6) is -0.195. The number of carbonyl (C=O) groups is 2. The van der Waals surface area contributed by atoms with Crippen molar-refractivity contribution in [2.24, 2.45) is 7.05 Å². The number of fused-ring (bicyclic) bond motifs is 1. The Hall–Kier alpha value is -2.64. The van der Waals surface area contributed by atoms with Crippen LogP contribution >= 0.6 is 0 Å². The first-order valence-electron chi connectivity index (χ1n) is 11.5. The number of aromatic nitrogens is 1. The Balaban J connectivity index is 1.54. The molecule has 2 saturated heterocycles. The van der Waals surface area contributed by atoms with Gasteiger partial charge < -0.3 is 19.1 Å². The highest BCUT2D eigenvalue weighted by Gasteiger charge is 2.61. The third-order valence-electron chi connectivity index (χ3n) is 7.26. The van der Waals surface area contributed by atoms with Crippen LogP contribution in [0.4, 0.5) is 0 Å². The van der Waals surface area contributed by atoms with Crippen molar-refractivity contribution in [1.29, 1.82) is 0 Å². The standard InChI is InChI=1S/C25H32N4O3/c1-18(2)29-23(30)21-9-5-4-8-20(21)22(24(31)28-11-13-32-14-12-28)25(29)16-27(17-25)15-19-7-6-10-26(19)3/h4-10,18,22H,11-17H2,1-3H3. The Morgan fingerprint density at radius 2 is 1.84 bits per heavy atom. The van der Waals surface area contributed by atoms with Gasteiger partial charge in [-0.3, -0.25) is 14.5 Å². The highest BCUT2D eigenvalue weighted by molar-refractivity contribution is 6.02. The number of hydrogen-bond donors (Lipinski definition) is 0. The number of benzene rings is 1. The molecule has 1 aromatic heterocycles. The number of amides is 2. The van der Waals surface area contributed by atoms with Gasteiger partial charge in [-0.15, -0.1) is 0 Å². The Bertz CT molecular complexity index is 1020. The van der Waals surface area contributed by atoms with Crippen LogP contribution in [0.2, 0.25) is 0 Å². The van der Waals surface area contributed by atoms with E-state index in [4.69, 9.17) is 4.74 Å². The lowest BCUT2D eigenvalue weighted by Crippen LogP contribution is -2.77. The van der Waals surface area contributed by atoms with E-state index in [0.29, 0.717) is 45.0 Å². The maximum atomic E-state index is 14.0. The summed E-state index contributed by atoms with van der Waals surface area (Å²) in [5.41, 5.74) is 2.25. The van der Waals surface area contributed by atoms with Crippen LogP contribution in [-0.2, 0) is 23.1 Å². The van der Waals surface area contributed by atoms with Crippen molar-refractivity contribution in [2.75, 3.05) is 39.4 Å². The van der Waals surface area contributed by atoms with Gasteiger partial charge in [-0.2, -0.15) is 0 Å². The van der Waals surface area contributed by atoms with Gasteiger partial charge in [0, 0.05) is 63.3 Å². The molecular formula is C25H32N4O3. The van der Waals surface area contributed by atoms with Crippen LogP contribution in [0.3, 0.4) is 0 Å². The van der Waals surface area contributed by atoms with Crippen molar-refractivity contribution < 1.29 is 14.3 Å². The average molecular weight is 437 g/mol. The van der Waals surface area contributed by atoms with E-state index in [0.717, 1.165) is 12.1 Å². The van der Waals surface area contributed by atoms with E-state index in [2.05, 4.69) is 48.7 Å². The Morgan fingerprint density at radius 3 is 2.50 bits per heavy atom. The minimum atomic E-state index is -0.528. The highest BCUT2D eigenvalue weighted by atomic mass is 16.5. The molecule has 0 N–H and O–H groups in total. The summed E-state index contributed by atoms with van der Waals surface area (Å²) < 4.78 is 7.62. The van der Waals surface area contributed by atoms with Gasteiger partial charge in [-0.05, 0) is 37.6 Å². The molecule has 4 heterocycles. The molecule has 0 radical (unpaired) electrons. The summed E-state index contributed by atoms with van der Waals surface area (Å²) in [6, 6.07) is 11.9. The van der Waals surface area contributed by atoms with Crippen molar-refractivity contribution in [3.05, 3.63) is 59.4 Å². The summed E-state index contributed by atoms with van der Waals surface area (Å²) in [4.78, 5) is 33.9. The molecule has 5 rings (SSSR count). The summed E-state index contributed by atoms with van der Waals surface area (Å²) >= 11 is 0. The molecular weight excluding hydrogens is 404 g/mol. The quantitative estimate of drug-likeness (QED) is 0.737. The molecule has 1 spiro atoms. The van der Waals surface area contributed by atoms with Crippen molar-refractivity contribution in [2.45, 2.75) is 37.9 Å². The third-order valence-corrected chi connectivity index (χ3v) is 7.26. The third kappa shape index (κ3) is 3.26. The number of ether oxygens (including phenoxy) is 1. The molecule has 3 aliphatic heterocycles. The van der Waals surface area contributed by atoms with E-state index in [1.165, 1.54) is 5.69 Å². The van der Waals surface area contributed by atoms with Gasteiger partial charge >= 0.3 is 0 Å². The van der Waals surface area contributed by atoms with Crippen molar-refractivity contribution in [3.8, 4) is 0 Å². The molecule has 1 aromatic carbocycles. The van der Waals surface area contributed by atoms with Crippen LogP contribution < -0.4 is 0 Å². The molecule has 2 fully saturated rings. The van der Waals surface area contributed by atoms with E-state index in [1.807, 2.05) is 34.1 Å². The first kappa shape index (κ1) is 21.2.